The number of fused-ring (bicyclic) bond motifs is 1. The third kappa shape index (κ3) is 3.29. The fourth-order valence-electron chi connectivity index (χ4n) is 3.58. The maximum Gasteiger partial charge on any atom is 0.123 e. The summed E-state index contributed by atoms with van der Waals surface area (Å²) < 4.78 is 2.21. The van der Waals surface area contributed by atoms with E-state index in [1.54, 1.807) is 0 Å². The number of nitrogens with zero attached hydrogens (tertiary/aromatic N) is 2. The minimum atomic E-state index is 0.586. The Morgan fingerprint density at radius 1 is 1.19 bits per heavy atom. The van der Waals surface area contributed by atoms with E-state index in [4.69, 9.17) is 4.98 Å². The lowest BCUT2D eigenvalue weighted by molar-refractivity contribution is 0.333. The predicted molar refractivity (Wildman–Crippen MR) is 88.2 cm³/mol. The molecule has 0 saturated heterocycles. The lowest BCUT2D eigenvalue weighted by Gasteiger charge is -2.23. The molecule has 21 heavy (non-hydrogen) atoms. The van der Waals surface area contributed by atoms with Crippen LogP contribution in [-0.4, -0.2) is 15.6 Å². The molecule has 2 aromatic rings. The number of rotatable bonds is 4. The number of imidazole rings is 1. The van der Waals surface area contributed by atoms with E-state index in [1.807, 2.05) is 0 Å². The molecular weight excluding hydrogens is 258 g/mol. The van der Waals surface area contributed by atoms with Crippen LogP contribution in [0.2, 0.25) is 0 Å². The number of nitrogens with one attached hydrogen (secondary N) is 1. The van der Waals surface area contributed by atoms with Crippen molar-refractivity contribution in [1.29, 1.82) is 0 Å². The molecule has 0 aliphatic heterocycles. The van der Waals surface area contributed by atoms with Crippen molar-refractivity contribution >= 4 is 11.0 Å². The van der Waals surface area contributed by atoms with Crippen LogP contribution in [0.1, 0.15) is 51.3 Å². The standard InChI is InChI=1S/C18H27N3/c1-14(15-9-5-3-4-6-10-15)19-13-18-20-16-11-7-8-12-17(16)21(18)2/h7-8,11-12,14-15,19H,3-6,9-10,13H2,1-2H3/t14-/m1/s1. The lowest BCUT2D eigenvalue weighted by atomic mass is 9.93. The van der Waals surface area contributed by atoms with Crippen LogP contribution in [0.15, 0.2) is 24.3 Å². The SMILES string of the molecule is C[C@@H](NCc1nc2ccccc2n1C)C1CCCCCC1. The number of aromatic nitrogens is 2. The van der Waals surface area contributed by atoms with Crippen LogP contribution in [0.5, 0.6) is 0 Å². The van der Waals surface area contributed by atoms with Crippen molar-refractivity contribution in [2.75, 3.05) is 0 Å². The molecule has 0 radical (unpaired) electrons. The monoisotopic (exact) mass is 285 g/mol. The topological polar surface area (TPSA) is 29.9 Å². The van der Waals surface area contributed by atoms with E-state index in [0.717, 1.165) is 23.8 Å². The number of benzene rings is 1. The summed E-state index contributed by atoms with van der Waals surface area (Å²) >= 11 is 0. The average Bonchev–Trinajstić information content (AvgIpc) is 2.71. The number of hydrogen-bond donors (Lipinski definition) is 1. The van der Waals surface area contributed by atoms with Crippen molar-refractivity contribution in [2.24, 2.45) is 13.0 Å². The predicted octanol–water partition coefficient (Wildman–Crippen LogP) is 4.02. The van der Waals surface area contributed by atoms with Gasteiger partial charge in [-0.15, -0.1) is 0 Å². The maximum absolute atomic E-state index is 4.75. The van der Waals surface area contributed by atoms with Crippen molar-refractivity contribution in [2.45, 2.75) is 58.0 Å². The van der Waals surface area contributed by atoms with Crippen molar-refractivity contribution in [3.05, 3.63) is 30.1 Å². The number of hydrogen-bond acceptors (Lipinski definition) is 2. The van der Waals surface area contributed by atoms with Gasteiger partial charge in [0, 0.05) is 13.1 Å². The average molecular weight is 285 g/mol. The molecule has 1 aromatic heterocycles. The first-order chi connectivity index (χ1) is 10.3. The summed E-state index contributed by atoms with van der Waals surface area (Å²) in [5.41, 5.74) is 2.32. The van der Waals surface area contributed by atoms with Crippen molar-refractivity contribution in [3.63, 3.8) is 0 Å². The van der Waals surface area contributed by atoms with Gasteiger partial charge < -0.3 is 9.88 Å². The normalized spacial score (nSPS) is 18.8. The van der Waals surface area contributed by atoms with Gasteiger partial charge in [-0.3, -0.25) is 0 Å². The third-order valence-electron chi connectivity index (χ3n) is 5.07. The third-order valence-corrected chi connectivity index (χ3v) is 5.07. The minimum Gasteiger partial charge on any atom is -0.330 e. The van der Waals surface area contributed by atoms with Gasteiger partial charge in [0.25, 0.3) is 0 Å². The second kappa shape index (κ2) is 6.61. The van der Waals surface area contributed by atoms with E-state index in [0.29, 0.717) is 6.04 Å². The highest BCUT2D eigenvalue weighted by atomic mass is 15.1. The molecule has 0 spiro atoms. The van der Waals surface area contributed by atoms with Gasteiger partial charge in [0.05, 0.1) is 17.6 Å². The maximum atomic E-state index is 4.75. The highest BCUT2D eigenvalue weighted by Gasteiger charge is 2.19. The number of aryl methyl sites for hydroxylation is 1. The van der Waals surface area contributed by atoms with Gasteiger partial charge >= 0.3 is 0 Å². The first-order valence-electron chi connectivity index (χ1n) is 8.39. The molecule has 1 N–H and O–H groups in total. The van der Waals surface area contributed by atoms with Crippen LogP contribution >= 0.6 is 0 Å². The zero-order chi connectivity index (χ0) is 14.7. The van der Waals surface area contributed by atoms with E-state index >= 15 is 0 Å². The fourth-order valence-corrected chi connectivity index (χ4v) is 3.58. The van der Waals surface area contributed by atoms with Crippen LogP contribution in [0.3, 0.4) is 0 Å². The highest BCUT2D eigenvalue weighted by molar-refractivity contribution is 5.75. The van der Waals surface area contributed by atoms with E-state index in [9.17, 15) is 0 Å². The molecule has 3 heteroatoms. The summed E-state index contributed by atoms with van der Waals surface area (Å²) in [7, 11) is 2.11. The Bertz CT molecular complexity index is 579. The molecule has 1 saturated carbocycles. The summed E-state index contributed by atoms with van der Waals surface area (Å²) in [6, 6.07) is 8.95. The second-order valence-corrected chi connectivity index (χ2v) is 6.50. The second-order valence-electron chi connectivity index (χ2n) is 6.50. The van der Waals surface area contributed by atoms with Crippen molar-refractivity contribution in [3.8, 4) is 0 Å². The molecule has 3 nitrogen and oxygen atoms in total. The smallest absolute Gasteiger partial charge is 0.123 e. The molecule has 1 aliphatic rings. The van der Waals surface area contributed by atoms with Crippen LogP contribution < -0.4 is 5.32 Å². The van der Waals surface area contributed by atoms with Gasteiger partial charge in [0.1, 0.15) is 5.82 Å². The van der Waals surface area contributed by atoms with Crippen LogP contribution in [0, 0.1) is 5.92 Å². The highest BCUT2D eigenvalue weighted by Crippen LogP contribution is 2.25. The minimum absolute atomic E-state index is 0.586. The molecule has 1 fully saturated rings. The molecule has 0 unspecified atom stereocenters. The van der Waals surface area contributed by atoms with Gasteiger partial charge in [-0.05, 0) is 37.8 Å². The molecule has 1 atom stereocenters. The summed E-state index contributed by atoms with van der Waals surface area (Å²) in [5, 5.41) is 3.71. The molecule has 3 rings (SSSR count). The van der Waals surface area contributed by atoms with Gasteiger partial charge in [-0.25, -0.2) is 4.98 Å². The van der Waals surface area contributed by atoms with E-state index < -0.39 is 0 Å². The number of para-hydroxylation sites is 2. The lowest BCUT2D eigenvalue weighted by Crippen LogP contribution is -2.33. The van der Waals surface area contributed by atoms with Crippen molar-refractivity contribution in [1.82, 2.24) is 14.9 Å². The van der Waals surface area contributed by atoms with E-state index in [1.165, 1.54) is 44.0 Å². The largest absolute Gasteiger partial charge is 0.330 e. The Balaban J connectivity index is 1.64. The Labute approximate surface area is 127 Å². The molecule has 0 amide bonds. The Morgan fingerprint density at radius 2 is 1.90 bits per heavy atom. The van der Waals surface area contributed by atoms with Gasteiger partial charge in [0.2, 0.25) is 0 Å². The zero-order valence-corrected chi connectivity index (χ0v) is 13.3. The molecular formula is C18H27N3. The quantitative estimate of drug-likeness (QED) is 0.860. The van der Waals surface area contributed by atoms with Gasteiger partial charge in [-0.1, -0.05) is 37.8 Å². The first-order valence-corrected chi connectivity index (χ1v) is 8.39. The van der Waals surface area contributed by atoms with Gasteiger partial charge in [-0.2, -0.15) is 0 Å². The summed E-state index contributed by atoms with van der Waals surface area (Å²) in [5.74, 6) is 1.97. The summed E-state index contributed by atoms with van der Waals surface area (Å²) in [6.45, 7) is 3.21. The molecule has 114 valence electrons. The molecule has 1 heterocycles. The van der Waals surface area contributed by atoms with Crippen LogP contribution in [-0.2, 0) is 13.6 Å². The van der Waals surface area contributed by atoms with Crippen LogP contribution in [0.25, 0.3) is 11.0 Å². The fraction of sp³-hybridized carbons (Fsp3) is 0.611. The Morgan fingerprint density at radius 3 is 2.62 bits per heavy atom. The molecule has 1 aliphatic carbocycles. The van der Waals surface area contributed by atoms with E-state index in [-0.39, 0.29) is 0 Å². The summed E-state index contributed by atoms with van der Waals surface area (Å²) in [6.07, 6.45) is 8.43. The Hall–Kier alpha value is -1.35. The summed E-state index contributed by atoms with van der Waals surface area (Å²) in [4.78, 5) is 4.75. The molecule has 0 bridgehead atoms. The Kier molecular flexibility index (Phi) is 4.59. The first kappa shape index (κ1) is 14.6. The van der Waals surface area contributed by atoms with Crippen molar-refractivity contribution < 1.29 is 0 Å². The van der Waals surface area contributed by atoms with Crippen LogP contribution in [0.4, 0.5) is 0 Å². The zero-order valence-electron chi connectivity index (χ0n) is 13.3. The van der Waals surface area contributed by atoms with E-state index in [2.05, 4.69) is 48.1 Å². The molecule has 1 aromatic carbocycles. The van der Waals surface area contributed by atoms with Gasteiger partial charge in [0.15, 0.2) is 0 Å².